The molecule has 0 aliphatic heterocycles. The molecule has 1 aromatic carbocycles. The molecule has 1 aromatic heterocycles. The minimum Gasteiger partial charge on any atom is -0.437 e. The highest BCUT2D eigenvalue weighted by Crippen LogP contribution is 2.26. The Labute approximate surface area is 91.9 Å². The van der Waals surface area contributed by atoms with Gasteiger partial charge in [0.15, 0.2) is 0 Å². The number of benzene rings is 1. The third-order valence-electron chi connectivity index (χ3n) is 2.05. The Morgan fingerprint density at radius 1 is 1.38 bits per heavy atom. The van der Waals surface area contributed by atoms with Crippen molar-refractivity contribution in [2.75, 3.05) is 5.73 Å². The van der Waals surface area contributed by atoms with Crippen molar-refractivity contribution < 1.29 is 9.13 Å². The lowest BCUT2D eigenvalue weighted by atomic mass is 10.2. The number of nitrogens with two attached hydrogens (primary N) is 1. The lowest BCUT2D eigenvalue weighted by molar-refractivity contribution is 0.459. The number of nitrogens with zero attached hydrogens (tertiary/aromatic N) is 2. The second-order valence-corrected chi connectivity index (χ2v) is 3.30. The Balaban J connectivity index is 2.31. The Morgan fingerprint density at radius 2 is 2.19 bits per heavy atom. The van der Waals surface area contributed by atoms with Crippen LogP contribution in [0.25, 0.3) is 0 Å². The maximum Gasteiger partial charge on any atom is 0.245 e. The number of anilines is 1. The molecule has 0 aliphatic rings. The Morgan fingerprint density at radius 3 is 2.88 bits per heavy atom. The molecule has 2 rings (SSSR count). The van der Waals surface area contributed by atoms with Gasteiger partial charge in [-0.05, 0) is 30.7 Å². The highest BCUT2D eigenvalue weighted by atomic mass is 19.1. The molecule has 0 radical (unpaired) electrons. The second kappa shape index (κ2) is 4.14. The molecule has 0 fully saturated rings. The number of ether oxygens (including phenoxy) is 1. The van der Waals surface area contributed by atoms with Crippen LogP contribution in [0.4, 0.5) is 10.1 Å². The molecular formula is C11H10FN3O. The van der Waals surface area contributed by atoms with Crippen molar-refractivity contribution in [3.63, 3.8) is 0 Å². The number of hydrogen-bond donors (Lipinski definition) is 1. The zero-order chi connectivity index (χ0) is 11.5. The Hall–Kier alpha value is -2.17. The zero-order valence-electron chi connectivity index (χ0n) is 8.64. The van der Waals surface area contributed by atoms with Gasteiger partial charge in [0.2, 0.25) is 5.88 Å². The van der Waals surface area contributed by atoms with Crippen LogP contribution in [-0.2, 0) is 0 Å². The summed E-state index contributed by atoms with van der Waals surface area (Å²) in [4.78, 5) is 7.63. The van der Waals surface area contributed by atoms with Gasteiger partial charge in [0, 0.05) is 0 Å². The maximum absolute atomic E-state index is 12.9. The molecule has 0 spiro atoms. The average Bonchev–Trinajstić information content (AvgIpc) is 2.25. The average molecular weight is 219 g/mol. The molecule has 4 nitrogen and oxygen atoms in total. The van der Waals surface area contributed by atoms with Gasteiger partial charge in [0.05, 0.1) is 6.20 Å². The highest BCUT2D eigenvalue weighted by Gasteiger charge is 2.06. The Kier molecular flexibility index (Phi) is 2.68. The first-order chi connectivity index (χ1) is 7.66. The van der Waals surface area contributed by atoms with E-state index in [1.54, 1.807) is 6.92 Å². The van der Waals surface area contributed by atoms with Crippen molar-refractivity contribution in [3.8, 4) is 11.6 Å². The molecule has 0 aliphatic carbocycles. The van der Waals surface area contributed by atoms with Crippen molar-refractivity contribution >= 4 is 5.69 Å². The number of aryl methyl sites for hydroxylation is 1. The molecule has 5 heteroatoms. The van der Waals surface area contributed by atoms with Crippen LogP contribution in [-0.4, -0.2) is 9.97 Å². The monoisotopic (exact) mass is 219 g/mol. The summed E-state index contributed by atoms with van der Waals surface area (Å²) in [6, 6.07) is 4.23. The number of hydrogen-bond acceptors (Lipinski definition) is 4. The van der Waals surface area contributed by atoms with Crippen LogP contribution in [0, 0.1) is 12.7 Å². The van der Waals surface area contributed by atoms with Crippen LogP contribution in [0.1, 0.15) is 5.56 Å². The van der Waals surface area contributed by atoms with Gasteiger partial charge in [-0.15, -0.1) is 0 Å². The number of aromatic nitrogens is 2. The summed E-state index contributed by atoms with van der Waals surface area (Å²) < 4.78 is 18.3. The second-order valence-electron chi connectivity index (χ2n) is 3.30. The summed E-state index contributed by atoms with van der Waals surface area (Å²) in [7, 11) is 0. The standard InChI is InChI=1S/C11H10FN3O/c1-7-4-8(12)2-3-10(7)16-11-9(13)5-14-6-15-11/h2-6H,13H2,1H3. The number of rotatable bonds is 2. The van der Waals surface area contributed by atoms with E-state index in [1.165, 1.54) is 30.7 Å². The first-order valence-corrected chi connectivity index (χ1v) is 4.66. The molecule has 0 atom stereocenters. The minimum absolute atomic E-state index is 0.268. The first-order valence-electron chi connectivity index (χ1n) is 4.66. The molecule has 0 unspecified atom stereocenters. The first kappa shape index (κ1) is 10.4. The van der Waals surface area contributed by atoms with Crippen LogP contribution < -0.4 is 10.5 Å². The zero-order valence-corrected chi connectivity index (χ0v) is 8.64. The minimum atomic E-state index is -0.305. The smallest absolute Gasteiger partial charge is 0.245 e. The fourth-order valence-electron chi connectivity index (χ4n) is 1.25. The predicted octanol–water partition coefficient (Wildman–Crippen LogP) is 2.30. The van der Waals surface area contributed by atoms with Gasteiger partial charge in [-0.2, -0.15) is 4.98 Å². The van der Waals surface area contributed by atoms with Gasteiger partial charge in [-0.25, -0.2) is 9.37 Å². The predicted molar refractivity (Wildman–Crippen MR) is 57.7 cm³/mol. The van der Waals surface area contributed by atoms with Crippen LogP contribution in [0.5, 0.6) is 11.6 Å². The van der Waals surface area contributed by atoms with Gasteiger partial charge in [-0.3, -0.25) is 0 Å². The van der Waals surface area contributed by atoms with E-state index < -0.39 is 0 Å². The molecule has 0 bridgehead atoms. The SMILES string of the molecule is Cc1cc(F)ccc1Oc1ncncc1N. The molecule has 82 valence electrons. The van der Waals surface area contributed by atoms with Crippen LogP contribution in [0.2, 0.25) is 0 Å². The molecule has 0 saturated heterocycles. The van der Waals surface area contributed by atoms with E-state index in [4.69, 9.17) is 10.5 Å². The van der Waals surface area contributed by atoms with Gasteiger partial charge in [-0.1, -0.05) is 0 Å². The third-order valence-corrected chi connectivity index (χ3v) is 2.05. The fourth-order valence-corrected chi connectivity index (χ4v) is 1.25. The van der Waals surface area contributed by atoms with Gasteiger partial charge < -0.3 is 10.5 Å². The molecular weight excluding hydrogens is 209 g/mol. The molecule has 1 heterocycles. The van der Waals surface area contributed by atoms with Crippen molar-refractivity contribution in [2.45, 2.75) is 6.92 Å². The molecule has 2 N–H and O–H groups in total. The van der Waals surface area contributed by atoms with Crippen molar-refractivity contribution in [3.05, 3.63) is 42.1 Å². The van der Waals surface area contributed by atoms with E-state index in [9.17, 15) is 4.39 Å². The van der Waals surface area contributed by atoms with Crippen LogP contribution in [0.15, 0.2) is 30.7 Å². The van der Waals surface area contributed by atoms with Gasteiger partial charge in [0.25, 0.3) is 0 Å². The number of nitrogen functional groups attached to an aromatic ring is 1. The lowest BCUT2D eigenvalue weighted by Crippen LogP contribution is -1.96. The van der Waals surface area contributed by atoms with E-state index >= 15 is 0 Å². The van der Waals surface area contributed by atoms with E-state index in [0.717, 1.165) is 0 Å². The van der Waals surface area contributed by atoms with E-state index in [2.05, 4.69) is 9.97 Å². The van der Waals surface area contributed by atoms with Crippen molar-refractivity contribution in [2.24, 2.45) is 0 Å². The van der Waals surface area contributed by atoms with Crippen LogP contribution >= 0.6 is 0 Å². The number of halogens is 1. The molecule has 0 amide bonds. The third kappa shape index (κ3) is 2.08. The highest BCUT2D eigenvalue weighted by molar-refractivity contribution is 5.48. The van der Waals surface area contributed by atoms with E-state index in [-0.39, 0.29) is 11.7 Å². The molecule has 16 heavy (non-hydrogen) atoms. The summed E-state index contributed by atoms with van der Waals surface area (Å²) in [5.41, 5.74) is 6.64. The van der Waals surface area contributed by atoms with Gasteiger partial charge in [0.1, 0.15) is 23.6 Å². The Bertz CT molecular complexity index is 516. The molecule has 0 saturated carbocycles. The van der Waals surface area contributed by atoms with E-state index in [1.807, 2.05) is 0 Å². The van der Waals surface area contributed by atoms with Crippen molar-refractivity contribution in [1.82, 2.24) is 9.97 Å². The summed E-state index contributed by atoms with van der Waals surface area (Å²) in [5.74, 6) is 0.483. The van der Waals surface area contributed by atoms with E-state index in [0.29, 0.717) is 17.0 Å². The van der Waals surface area contributed by atoms with Crippen molar-refractivity contribution in [1.29, 1.82) is 0 Å². The maximum atomic E-state index is 12.9. The quantitative estimate of drug-likeness (QED) is 0.841. The molecule has 2 aromatic rings. The summed E-state index contributed by atoms with van der Waals surface area (Å²) in [6.45, 7) is 1.75. The van der Waals surface area contributed by atoms with Crippen LogP contribution in [0.3, 0.4) is 0 Å². The summed E-state index contributed by atoms with van der Waals surface area (Å²) in [5, 5.41) is 0. The normalized spacial score (nSPS) is 10.1. The van der Waals surface area contributed by atoms with Gasteiger partial charge >= 0.3 is 0 Å². The summed E-state index contributed by atoms with van der Waals surface area (Å²) >= 11 is 0. The largest absolute Gasteiger partial charge is 0.437 e. The summed E-state index contributed by atoms with van der Waals surface area (Å²) in [6.07, 6.45) is 2.78. The lowest BCUT2D eigenvalue weighted by Gasteiger charge is -2.08. The topological polar surface area (TPSA) is 61.0 Å². The fraction of sp³-hybridized carbons (Fsp3) is 0.0909.